The Hall–Kier alpha value is -0.0500. The van der Waals surface area contributed by atoms with Crippen LogP contribution in [0.3, 0.4) is 0 Å². The standard InChI is InChI=1S/C14H24BrNO/c15-9-12-6-3-7-13(12)10-16-14(17)8-11-4-1-2-5-11/h11-13H,1-10H2,(H,16,17). The number of carbonyl (C=O) groups is 1. The van der Waals surface area contributed by atoms with Crippen LogP contribution in [0.5, 0.6) is 0 Å². The zero-order chi connectivity index (χ0) is 12.1. The lowest BCUT2D eigenvalue weighted by Crippen LogP contribution is -2.32. The van der Waals surface area contributed by atoms with E-state index in [0.717, 1.165) is 24.2 Å². The van der Waals surface area contributed by atoms with Crippen LogP contribution in [-0.4, -0.2) is 17.8 Å². The number of amides is 1. The second-order valence-electron chi connectivity index (χ2n) is 5.76. The normalized spacial score (nSPS) is 29.7. The number of halogens is 1. The second-order valence-corrected chi connectivity index (χ2v) is 6.41. The molecular formula is C14H24BrNO. The molecule has 0 saturated heterocycles. The van der Waals surface area contributed by atoms with E-state index in [2.05, 4.69) is 21.2 Å². The first-order chi connectivity index (χ1) is 8.29. The van der Waals surface area contributed by atoms with Crippen molar-refractivity contribution in [2.24, 2.45) is 17.8 Å². The molecule has 17 heavy (non-hydrogen) atoms. The van der Waals surface area contributed by atoms with Gasteiger partial charge in [-0.05, 0) is 43.4 Å². The van der Waals surface area contributed by atoms with E-state index in [4.69, 9.17) is 0 Å². The highest BCUT2D eigenvalue weighted by atomic mass is 79.9. The summed E-state index contributed by atoms with van der Waals surface area (Å²) in [6.07, 6.45) is 9.90. The Balaban J connectivity index is 1.65. The van der Waals surface area contributed by atoms with E-state index in [9.17, 15) is 4.79 Å². The first-order valence-electron chi connectivity index (χ1n) is 7.12. The molecule has 0 aromatic heterocycles. The summed E-state index contributed by atoms with van der Waals surface area (Å²) < 4.78 is 0. The molecule has 0 aromatic carbocycles. The van der Waals surface area contributed by atoms with Gasteiger partial charge < -0.3 is 5.32 Å². The van der Waals surface area contributed by atoms with E-state index in [0.29, 0.717) is 11.8 Å². The van der Waals surface area contributed by atoms with Crippen LogP contribution >= 0.6 is 15.9 Å². The summed E-state index contributed by atoms with van der Waals surface area (Å²) in [6.45, 7) is 0.905. The molecule has 2 aliphatic rings. The summed E-state index contributed by atoms with van der Waals surface area (Å²) in [5.74, 6) is 2.45. The van der Waals surface area contributed by atoms with Gasteiger partial charge in [-0.25, -0.2) is 0 Å². The van der Waals surface area contributed by atoms with Crippen molar-refractivity contribution in [3.8, 4) is 0 Å². The number of hydrogen-bond donors (Lipinski definition) is 1. The largest absolute Gasteiger partial charge is 0.356 e. The summed E-state index contributed by atoms with van der Waals surface area (Å²) >= 11 is 3.58. The Bertz CT molecular complexity index is 251. The molecule has 2 unspecified atom stereocenters. The number of carbonyl (C=O) groups excluding carboxylic acids is 1. The molecule has 0 heterocycles. The zero-order valence-electron chi connectivity index (χ0n) is 10.6. The van der Waals surface area contributed by atoms with Gasteiger partial charge in [0, 0.05) is 18.3 Å². The van der Waals surface area contributed by atoms with E-state index in [-0.39, 0.29) is 5.91 Å². The molecule has 0 aliphatic heterocycles. The Morgan fingerprint density at radius 3 is 2.47 bits per heavy atom. The van der Waals surface area contributed by atoms with Gasteiger partial charge in [-0.2, -0.15) is 0 Å². The summed E-state index contributed by atoms with van der Waals surface area (Å²) in [5.41, 5.74) is 0. The second kappa shape index (κ2) is 6.77. The Morgan fingerprint density at radius 1 is 1.06 bits per heavy atom. The summed E-state index contributed by atoms with van der Waals surface area (Å²) in [5, 5.41) is 4.25. The van der Waals surface area contributed by atoms with Crippen molar-refractivity contribution in [2.45, 2.75) is 51.4 Å². The fourth-order valence-corrected chi connectivity index (χ4v) is 4.23. The van der Waals surface area contributed by atoms with Gasteiger partial charge in [0.05, 0.1) is 0 Å². The molecular weight excluding hydrogens is 278 g/mol. The minimum atomic E-state index is 0.289. The van der Waals surface area contributed by atoms with Crippen LogP contribution in [0.1, 0.15) is 51.4 Å². The fourth-order valence-electron chi connectivity index (χ4n) is 3.38. The lowest BCUT2D eigenvalue weighted by molar-refractivity contribution is -0.122. The third-order valence-electron chi connectivity index (χ3n) is 4.52. The average molecular weight is 302 g/mol. The van der Waals surface area contributed by atoms with E-state index >= 15 is 0 Å². The molecule has 2 rings (SSSR count). The van der Waals surface area contributed by atoms with Gasteiger partial charge in [-0.1, -0.05) is 35.2 Å². The topological polar surface area (TPSA) is 29.1 Å². The maximum Gasteiger partial charge on any atom is 0.220 e. The Morgan fingerprint density at radius 2 is 1.76 bits per heavy atom. The van der Waals surface area contributed by atoms with Crippen LogP contribution in [0, 0.1) is 17.8 Å². The Kier molecular flexibility index (Phi) is 5.33. The predicted octanol–water partition coefficient (Wildman–Crippen LogP) is 3.49. The Labute approximate surface area is 113 Å². The van der Waals surface area contributed by atoms with Gasteiger partial charge in [0.15, 0.2) is 0 Å². The van der Waals surface area contributed by atoms with Gasteiger partial charge in [0.25, 0.3) is 0 Å². The molecule has 1 N–H and O–H groups in total. The van der Waals surface area contributed by atoms with E-state index in [1.54, 1.807) is 0 Å². The number of nitrogens with one attached hydrogen (secondary N) is 1. The van der Waals surface area contributed by atoms with Crippen LogP contribution < -0.4 is 5.32 Å². The average Bonchev–Trinajstić information content (AvgIpc) is 2.96. The highest BCUT2D eigenvalue weighted by molar-refractivity contribution is 9.09. The van der Waals surface area contributed by atoms with Crippen molar-refractivity contribution in [3.63, 3.8) is 0 Å². The summed E-state index contributed by atoms with van der Waals surface area (Å²) in [7, 11) is 0. The van der Waals surface area contributed by atoms with Crippen molar-refractivity contribution < 1.29 is 4.79 Å². The van der Waals surface area contributed by atoms with Crippen LogP contribution in [0.4, 0.5) is 0 Å². The first kappa shape index (κ1) is 13.4. The molecule has 2 saturated carbocycles. The molecule has 98 valence electrons. The van der Waals surface area contributed by atoms with Crippen molar-refractivity contribution in [2.75, 3.05) is 11.9 Å². The maximum absolute atomic E-state index is 11.8. The lowest BCUT2D eigenvalue weighted by Gasteiger charge is -2.18. The molecule has 0 bridgehead atoms. The fraction of sp³-hybridized carbons (Fsp3) is 0.929. The quantitative estimate of drug-likeness (QED) is 0.774. The lowest BCUT2D eigenvalue weighted by atomic mass is 9.98. The minimum absolute atomic E-state index is 0.289. The van der Waals surface area contributed by atoms with Crippen LogP contribution in [0.2, 0.25) is 0 Å². The van der Waals surface area contributed by atoms with Crippen LogP contribution in [0.15, 0.2) is 0 Å². The monoisotopic (exact) mass is 301 g/mol. The summed E-state index contributed by atoms with van der Waals surface area (Å²) in [4.78, 5) is 11.8. The number of hydrogen-bond acceptors (Lipinski definition) is 1. The van der Waals surface area contributed by atoms with Crippen molar-refractivity contribution >= 4 is 21.8 Å². The molecule has 3 heteroatoms. The van der Waals surface area contributed by atoms with Gasteiger partial charge in [0.2, 0.25) is 5.91 Å². The smallest absolute Gasteiger partial charge is 0.220 e. The van der Waals surface area contributed by atoms with E-state index in [1.807, 2.05) is 0 Å². The zero-order valence-corrected chi connectivity index (χ0v) is 12.2. The van der Waals surface area contributed by atoms with Crippen molar-refractivity contribution in [3.05, 3.63) is 0 Å². The first-order valence-corrected chi connectivity index (χ1v) is 8.24. The molecule has 2 atom stereocenters. The molecule has 2 aliphatic carbocycles. The number of rotatable bonds is 5. The van der Waals surface area contributed by atoms with Gasteiger partial charge in [-0.3, -0.25) is 4.79 Å². The molecule has 0 spiro atoms. The van der Waals surface area contributed by atoms with Crippen molar-refractivity contribution in [1.29, 1.82) is 0 Å². The highest BCUT2D eigenvalue weighted by Gasteiger charge is 2.26. The van der Waals surface area contributed by atoms with Gasteiger partial charge in [0.1, 0.15) is 0 Å². The van der Waals surface area contributed by atoms with Crippen LogP contribution in [0.25, 0.3) is 0 Å². The molecule has 2 fully saturated rings. The van der Waals surface area contributed by atoms with Gasteiger partial charge >= 0.3 is 0 Å². The van der Waals surface area contributed by atoms with E-state index in [1.165, 1.54) is 44.9 Å². The molecule has 2 nitrogen and oxygen atoms in total. The summed E-state index contributed by atoms with van der Waals surface area (Å²) in [6, 6.07) is 0. The van der Waals surface area contributed by atoms with Crippen LogP contribution in [-0.2, 0) is 4.79 Å². The molecule has 0 radical (unpaired) electrons. The van der Waals surface area contributed by atoms with Gasteiger partial charge in [-0.15, -0.1) is 0 Å². The third-order valence-corrected chi connectivity index (χ3v) is 5.36. The highest BCUT2D eigenvalue weighted by Crippen LogP contribution is 2.32. The predicted molar refractivity (Wildman–Crippen MR) is 74.2 cm³/mol. The molecule has 0 aromatic rings. The number of alkyl halides is 1. The SMILES string of the molecule is O=C(CC1CCCC1)NCC1CCCC1CBr. The van der Waals surface area contributed by atoms with E-state index < -0.39 is 0 Å². The molecule has 1 amide bonds. The minimum Gasteiger partial charge on any atom is -0.356 e. The maximum atomic E-state index is 11.8. The van der Waals surface area contributed by atoms with Crippen molar-refractivity contribution in [1.82, 2.24) is 5.32 Å². The third kappa shape index (κ3) is 3.97.